The van der Waals surface area contributed by atoms with Gasteiger partial charge in [0.25, 0.3) is 0 Å². The fourth-order valence-corrected chi connectivity index (χ4v) is 2.77. The minimum absolute atomic E-state index is 0.0421. The second-order valence-corrected chi connectivity index (χ2v) is 6.57. The molecule has 0 aliphatic carbocycles. The van der Waals surface area contributed by atoms with Crippen LogP contribution in [0.25, 0.3) is 0 Å². The molecule has 2 aromatic carbocycles. The third-order valence-electron chi connectivity index (χ3n) is 3.00. The van der Waals surface area contributed by atoms with Gasteiger partial charge in [0.15, 0.2) is 0 Å². The van der Waals surface area contributed by atoms with Crippen molar-refractivity contribution in [3.63, 3.8) is 0 Å². The number of primary sulfonamides is 1. The van der Waals surface area contributed by atoms with Crippen molar-refractivity contribution in [3.8, 4) is 0 Å². The summed E-state index contributed by atoms with van der Waals surface area (Å²) in [6.45, 7) is 1.87. The van der Waals surface area contributed by atoms with Crippen LogP contribution >= 0.6 is 11.6 Å². The molecule has 21 heavy (non-hydrogen) atoms. The second-order valence-electron chi connectivity index (χ2n) is 4.60. The molecule has 0 saturated heterocycles. The number of halogens is 2. The van der Waals surface area contributed by atoms with E-state index in [9.17, 15) is 12.8 Å². The van der Waals surface area contributed by atoms with Gasteiger partial charge in [-0.2, -0.15) is 0 Å². The number of sulfonamides is 1. The number of benzene rings is 2. The monoisotopic (exact) mass is 328 g/mol. The second kappa shape index (κ2) is 6.01. The molecule has 0 bridgehead atoms. The zero-order valence-electron chi connectivity index (χ0n) is 11.2. The normalized spacial score (nSPS) is 13.0. The topological polar surface area (TPSA) is 72.2 Å². The average molecular weight is 329 g/mol. The van der Waals surface area contributed by atoms with E-state index in [1.165, 1.54) is 24.3 Å². The van der Waals surface area contributed by atoms with Gasteiger partial charge in [0.05, 0.1) is 4.90 Å². The Morgan fingerprint density at radius 2 is 1.81 bits per heavy atom. The summed E-state index contributed by atoms with van der Waals surface area (Å²) in [5, 5.41) is 8.52. The van der Waals surface area contributed by atoms with Crippen LogP contribution < -0.4 is 10.5 Å². The van der Waals surface area contributed by atoms with E-state index in [1.54, 1.807) is 18.2 Å². The highest BCUT2D eigenvalue weighted by atomic mass is 35.5. The van der Waals surface area contributed by atoms with Gasteiger partial charge >= 0.3 is 0 Å². The van der Waals surface area contributed by atoms with Gasteiger partial charge in [-0.05, 0) is 48.9 Å². The van der Waals surface area contributed by atoms with E-state index in [0.29, 0.717) is 10.7 Å². The molecule has 112 valence electrons. The van der Waals surface area contributed by atoms with Gasteiger partial charge in [0.2, 0.25) is 10.0 Å². The number of nitrogens with two attached hydrogens (primary N) is 1. The number of nitrogens with one attached hydrogen (secondary N) is 1. The maximum atomic E-state index is 13.0. The molecule has 0 saturated carbocycles. The van der Waals surface area contributed by atoms with Crippen molar-refractivity contribution < 1.29 is 12.8 Å². The molecule has 0 heterocycles. The molecule has 2 aromatic rings. The zero-order valence-corrected chi connectivity index (χ0v) is 12.7. The SMILES string of the molecule is CC(Nc1ccc(S(N)(=O)=O)cc1)c1ccc(F)cc1Cl. The van der Waals surface area contributed by atoms with Gasteiger partial charge in [-0.15, -0.1) is 0 Å². The maximum Gasteiger partial charge on any atom is 0.238 e. The van der Waals surface area contributed by atoms with Crippen LogP contribution in [-0.2, 0) is 10.0 Å². The van der Waals surface area contributed by atoms with Crippen molar-refractivity contribution in [2.45, 2.75) is 17.9 Å². The van der Waals surface area contributed by atoms with Crippen LogP contribution in [0.2, 0.25) is 5.02 Å². The summed E-state index contributed by atoms with van der Waals surface area (Å²) in [6.07, 6.45) is 0. The summed E-state index contributed by atoms with van der Waals surface area (Å²) in [7, 11) is -3.70. The van der Waals surface area contributed by atoms with Crippen molar-refractivity contribution >= 4 is 27.3 Å². The first-order valence-electron chi connectivity index (χ1n) is 6.12. The molecular weight excluding hydrogens is 315 g/mol. The van der Waals surface area contributed by atoms with Gasteiger partial charge < -0.3 is 5.32 Å². The lowest BCUT2D eigenvalue weighted by molar-refractivity contribution is 0.598. The molecule has 2 rings (SSSR count). The van der Waals surface area contributed by atoms with Gasteiger partial charge in [0.1, 0.15) is 5.82 Å². The van der Waals surface area contributed by atoms with Crippen molar-refractivity contribution in [2.24, 2.45) is 5.14 Å². The molecule has 0 aliphatic rings. The first-order valence-corrected chi connectivity index (χ1v) is 8.04. The van der Waals surface area contributed by atoms with Gasteiger partial charge in [-0.25, -0.2) is 17.9 Å². The van der Waals surface area contributed by atoms with Gasteiger partial charge in [-0.3, -0.25) is 0 Å². The van der Waals surface area contributed by atoms with E-state index in [1.807, 2.05) is 6.92 Å². The van der Waals surface area contributed by atoms with E-state index in [4.69, 9.17) is 16.7 Å². The minimum atomic E-state index is -3.70. The Balaban J connectivity index is 2.18. The van der Waals surface area contributed by atoms with E-state index < -0.39 is 15.8 Å². The average Bonchev–Trinajstić information content (AvgIpc) is 2.38. The highest BCUT2D eigenvalue weighted by Gasteiger charge is 2.11. The fraction of sp³-hybridized carbons (Fsp3) is 0.143. The third kappa shape index (κ3) is 3.93. The summed E-state index contributed by atoms with van der Waals surface area (Å²) in [5.74, 6) is -0.395. The summed E-state index contributed by atoms with van der Waals surface area (Å²) in [6, 6.07) is 10.1. The summed E-state index contributed by atoms with van der Waals surface area (Å²) in [4.78, 5) is 0.0421. The molecular formula is C14H14ClFN2O2S. The summed E-state index contributed by atoms with van der Waals surface area (Å²) in [5.41, 5.74) is 1.45. The molecule has 0 amide bonds. The Kier molecular flexibility index (Phi) is 4.51. The third-order valence-corrected chi connectivity index (χ3v) is 4.25. The molecule has 0 spiro atoms. The Labute approximate surface area is 127 Å². The first-order chi connectivity index (χ1) is 9.77. The smallest absolute Gasteiger partial charge is 0.238 e. The van der Waals surface area contributed by atoms with E-state index in [-0.39, 0.29) is 10.9 Å². The number of hydrogen-bond donors (Lipinski definition) is 2. The maximum absolute atomic E-state index is 13.0. The lowest BCUT2D eigenvalue weighted by Gasteiger charge is -2.17. The lowest BCUT2D eigenvalue weighted by atomic mass is 10.1. The molecule has 0 aliphatic heterocycles. The van der Waals surface area contributed by atoms with Crippen LogP contribution in [0.3, 0.4) is 0 Å². The van der Waals surface area contributed by atoms with Crippen LogP contribution in [0.15, 0.2) is 47.4 Å². The summed E-state index contributed by atoms with van der Waals surface area (Å²) >= 11 is 6.00. The van der Waals surface area contributed by atoms with E-state index in [0.717, 1.165) is 5.56 Å². The van der Waals surface area contributed by atoms with Crippen LogP contribution in [0, 0.1) is 5.82 Å². The Bertz CT molecular complexity index is 748. The van der Waals surface area contributed by atoms with Gasteiger partial charge in [0, 0.05) is 16.8 Å². The van der Waals surface area contributed by atoms with Crippen molar-refractivity contribution in [2.75, 3.05) is 5.32 Å². The Morgan fingerprint density at radius 3 is 2.33 bits per heavy atom. The van der Waals surface area contributed by atoms with Crippen molar-refractivity contribution in [3.05, 3.63) is 58.9 Å². The fourth-order valence-electron chi connectivity index (χ4n) is 1.92. The van der Waals surface area contributed by atoms with Crippen molar-refractivity contribution in [1.82, 2.24) is 0 Å². The lowest BCUT2D eigenvalue weighted by Crippen LogP contribution is -2.12. The molecule has 7 heteroatoms. The van der Waals surface area contributed by atoms with E-state index >= 15 is 0 Å². The zero-order chi connectivity index (χ0) is 15.6. The molecule has 1 atom stereocenters. The number of anilines is 1. The molecule has 0 aromatic heterocycles. The highest BCUT2D eigenvalue weighted by molar-refractivity contribution is 7.89. The van der Waals surface area contributed by atoms with Crippen LogP contribution in [0.4, 0.5) is 10.1 Å². The number of hydrogen-bond acceptors (Lipinski definition) is 3. The van der Waals surface area contributed by atoms with Crippen LogP contribution in [0.1, 0.15) is 18.5 Å². The Hall–Kier alpha value is -1.63. The Morgan fingerprint density at radius 1 is 1.19 bits per heavy atom. The van der Waals surface area contributed by atoms with Crippen LogP contribution in [-0.4, -0.2) is 8.42 Å². The summed E-state index contributed by atoms with van der Waals surface area (Å²) < 4.78 is 35.4. The molecule has 3 N–H and O–H groups in total. The minimum Gasteiger partial charge on any atom is -0.378 e. The molecule has 0 radical (unpaired) electrons. The van der Waals surface area contributed by atoms with Crippen molar-refractivity contribution in [1.29, 1.82) is 0 Å². The standard InChI is InChI=1S/C14H14ClFN2O2S/c1-9(13-7-2-10(16)8-14(13)15)18-11-3-5-12(6-4-11)21(17,19)20/h2-9,18H,1H3,(H2,17,19,20). The number of rotatable bonds is 4. The molecule has 0 fully saturated rings. The quantitative estimate of drug-likeness (QED) is 0.904. The predicted molar refractivity (Wildman–Crippen MR) is 81.3 cm³/mol. The predicted octanol–water partition coefficient (Wildman–Crippen LogP) is 3.30. The highest BCUT2D eigenvalue weighted by Crippen LogP contribution is 2.27. The molecule has 1 unspecified atom stereocenters. The van der Waals surface area contributed by atoms with Crippen LogP contribution in [0.5, 0.6) is 0 Å². The first kappa shape index (κ1) is 15.8. The van der Waals surface area contributed by atoms with Gasteiger partial charge in [-0.1, -0.05) is 17.7 Å². The molecule has 4 nitrogen and oxygen atoms in total. The largest absolute Gasteiger partial charge is 0.378 e. The van der Waals surface area contributed by atoms with E-state index in [2.05, 4.69) is 5.32 Å².